The third-order valence-electron chi connectivity index (χ3n) is 2.86. The van der Waals surface area contributed by atoms with Crippen LogP contribution in [0.3, 0.4) is 0 Å². The van der Waals surface area contributed by atoms with Crippen LogP contribution in [-0.2, 0) is 4.74 Å². The van der Waals surface area contributed by atoms with E-state index in [9.17, 15) is 0 Å². The second-order valence-corrected chi connectivity index (χ2v) is 4.05. The molecule has 0 saturated heterocycles. The van der Waals surface area contributed by atoms with E-state index < -0.39 is 0 Å². The van der Waals surface area contributed by atoms with Crippen LogP contribution in [0.4, 0.5) is 0 Å². The third-order valence-corrected chi connectivity index (χ3v) is 2.86. The van der Waals surface area contributed by atoms with E-state index in [1.54, 1.807) is 7.11 Å². The largest absolute Gasteiger partial charge is 0.385 e. The minimum atomic E-state index is 0.887. The zero-order valence-electron chi connectivity index (χ0n) is 8.85. The van der Waals surface area contributed by atoms with Gasteiger partial charge in [0.2, 0.25) is 0 Å². The number of ether oxygens (including phenoxy) is 1. The fourth-order valence-electron chi connectivity index (χ4n) is 2.04. The molecule has 0 aromatic heterocycles. The van der Waals surface area contributed by atoms with Crippen molar-refractivity contribution in [3.05, 3.63) is 0 Å². The van der Waals surface area contributed by atoms with Gasteiger partial charge >= 0.3 is 0 Å². The molecule has 0 unspecified atom stereocenters. The molecule has 0 radical (unpaired) electrons. The number of nitrogens with one attached hydrogen (secondary N) is 1. The zero-order chi connectivity index (χ0) is 9.36. The second-order valence-electron chi connectivity index (χ2n) is 4.05. The van der Waals surface area contributed by atoms with Crippen molar-refractivity contribution in [3.63, 3.8) is 0 Å². The molecule has 13 heavy (non-hydrogen) atoms. The first kappa shape index (κ1) is 11.0. The van der Waals surface area contributed by atoms with Crippen molar-refractivity contribution in [2.75, 3.05) is 26.8 Å². The number of methoxy groups -OCH3 is 1. The van der Waals surface area contributed by atoms with Crippen LogP contribution in [0.25, 0.3) is 0 Å². The molecule has 2 nitrogen and oxygen atoms in total. The van der Waals surface area contributed by atoms with Crippen LogP contribution in [0.1, 0.15) is 38.5 Å². The van der Waals surface area contributed by atoms with Crippen LogP contribution in [0, 0.1) is 5.92 Å². The average Bonchev–Trinajstić information content (AvgIpc) is 2.19. The van der Waals surface area contributed by atoms with Crippen LogP contribution in [-0.4, -0.2) is 26.8 Å². The molecule has 0 bridgehead atoms. The van der Waals surface area contributed by atoms with Crippen LogP contribution < -0.4 is 5.32 Å². The maximum absolute atomic E-state index is 4.99. The Hall–Kier alpha value is -0.0800. The van der Waals surface area contributed by atoms with Gasteiger partial charge in [-0.3, -0.25) is 0 Å². The van der Waals surface area contributed by atoms with Gasteiger partial charge in [-0.2, -0.15) is 0 Å². The lowest BCUT2D eigenvalue weighted by Crippen LogP contribution is -2.25. The summed E-state index contributed by atoms with van der Waals surface area (Å²) in [7, 11) is 1.77. The molecule has 1 saturated carbocycles. The Balaban J connectivity index is 1.86. The predicted molar refractivity (Wildman–Crippen MR) is 55.9 cm³/mol. The summed E-state index contributed by atoms with van der Waals surface area (Å²) in [6.45, 7) is 3.23. The van der Waals surface area contributed by atoms with Crippen LogP contribution in [0.2, 0.25) is 0 Å². The fraction of sp³-hybridized carbons (Fsp3) is 1.00. The van der Waals surface area contributed by atoms with Gasteiger partial charge in [0.1, 0.15) is 0 Å². The smallest absolute Gasteiger partial charge is 0.0474 e. The molecule has 0 aromatic rings. The molecule has 0 amide bonds. The highest BCUT2D eigenvalue weighted by molar-refractivity contribution is 4.67. The summed E-state index contributed by atoms with van der Waals surface area (Å²) >= 11 is 0. The standard InChI is InChI=1S/C11H23NO/c1-13-9-5-8-12-10-11-6-3-2-4-7-11/h11-12H,2-10H2,1H3. The minimum Gasteiger partial charge on any atom is -0.385 e. The van der Waals surface area contributed by atoms with Crippen LogP contribution in [0.15, 0.2) is 0 Å². The fourth-order valence-corrected chi connectivity index (χ4v) is 2.04. The first-order chi connectivity index (χ1) is 6.43. The molecule has 0 aliphatic heterocycles. The Kier molecular flexibility index (Phi) is 6.21. The van der Waals surface area contributed by atoms with Crippen molar-refractivity contribution in [1.29, 1.82) is 0 Å². The normalized spacial score (nSPS) is 19.2. The molecular formula is C11H23NO. The zero-order valence-corrected chi connectivity index (χ0v) is 8.85. The summed E-state index contributed by atoms with van der Waals surface area (Å²) in [5.74, 6) is 0.955. The molecular weight excluding hydrogens is 162 g/mol. The van der Waals surface area contributed by atoms with Gasteiger partial charge in [0, 0.05) is 13.7 Å². The van der Waals surface area contributed by atoms with Crippen molar-refractivity contribution in [3.8, 4) is 0 Å². The van der Waals surface area contributed by atoms with E-state index in [4.69, 9.17) is 4.74 Å². The summed E-state index contributed by atoms with van der Waals surface area (Å²) < 4.78 is 4.99. The molecule has 0 atom stereocenters. The molecule has 78 valence electrons. The predicted octanol–water partition coefficient (Wildman–Crippen LogP) is 2.19. The van der Waals surface area contributed by atoms with E-state index in [-0.39, 0.29) is 0 Å². The van der Waals surface area contributed by atoms with Crippen molar-refractivity contribution >= 4 is 0 Å². The molecule has 0 heterocycles. The van der Waals surface area contributed by atoms with Gasteiger partial charge < -0.3 is 10.1 Å². The Morgan fingerprint density at radius 1 is 1.23 bits per heavy atom. The molecule has 1 rings (SSSR count). The van der Waals surface area contributed by atoms with Crippen molar-refractivity contribution in [1.82, 2.24) is 5.32 Å². The number of hydrogen-bond donors (Lipinski definition) is 1. The molecule has 1 aliphatic rings. The lowest BCUT2D eigenvalue weighted by atomic mass is 9.89. The quantitative estimate of drug-likeness (QED) is 0.640. The lowest BCUT2D eigenvalue weighted by Gasteiger charge is -2.21. The molecule has 2 heteroatoms. The van der Waals surface area contributed by atoms with Crippen molar-refractivity contribution < 1.29 is 4.74 Å². The van der Waals surface area contributed by atoms with E-state index in [0.717, 1.165) is 25.5 Å². The van der Waals surface area contributed by atoms with Crippen LogP contribution in [0.5, 0.6) is 0 Å². The summed E-state index contributed by atoms with van der Waals surface area (Å²) in [5.41, 5.74) is 0. The van der Waals surface area contributed by atoms with Crippen LogP contribution >= 0.6 is 0 Å². The molecule has 0 aromatic carbocycles. The Morgan fingerprint density at radius 2 is 2.00 bits per heavy atom. The second kappa shape index (κ2) is 7.34. The summed E-state index contributed by atoms with van der Waals surface area (Å²) in [4.78, 5) is 0. The maximum Gasteiger partial charge on any atom is 0.0474 e. The maximum atomic E-state index is 4.99. The first-order valence-electron chi connectivity index (χ1n) is 5.63. The van der Waals surface area contributed by atoms with Crippen molar-refractivity contribution in [2.24, 2.45) is 5.92 Å². The van der Waals surface area contributed by atoms with E-state index in [0.29, 0.717) is 0 Å². The first-order valence-corrected chi connectivity index (χ1v) is 5.63. The van der Waals surface area contributed by atoms with E-state index in [1.165, 1.54) is 38.6 Å². The van der Waals surface area contributed by atoms with E-state index in [1.807, 2.05) is 0 Å². The Labute approximate surface area is 82.0 Å². The van der Waals surface area contributed by atoms with Gasteiger partial charge in [-0.1, -0.05) is 19.3 Å². The monoisotopic (exact) mass is 185 g/mol. The van der Waals surface area contributed by atoms with Gasteiger partial charge in [0.15, 0.2) is 0 Å². The van der Waals surface area contributed by atoms with E-state index in [2.05, 4.69) is 5.32 Å². The molecule has 1 aliphatic carbocycles. The molecule has 0 spiro atoms. The summed E-state index contributed by atoms with van der Waals surface area (Å²) in [6.07, 6.45) is 8.38. The Bertz CT molecular complexity index is 111. The third kappa shape index (κ3) is 5.27. The molecule has 1 fully saturated rings. The van der Waals surface area contributed by atoms with Crippen molar-refractivity contribution in [2.45, 2.75) is 38.5 Å². The number of hydrogen-bond acceptors (Lipinski definition) is 2. The highest BCUT2D eigenvalue weighted by Crippen LogP contribution is 2.22. The summed E-state index contributed by atoms with van der Waals surface area (Å²) in [6, 6.07) is 0. The average molecular weight is 185 g/mol. The van der Waals surface area contributed by atoms with Gasteiger partial charge in [0.25, 0.3) is 0 Å². The lowest BCUT2D eigenvalue weighted by molar-refractivity contribution is 0.193. The molecule has 1 N–H and O–H groups in total. The minimum absolute atomic E-state index is 0.887. The van der Waals surface area contributed by atoms with Gasteiger partial charge in [0.05, 0.1) is 0 Å². The van der Waals surface area contributed by atoms with Gasteiger partial charge in [-0.25, -0.2) is 0 Å². The summed E-state index contributed by atoms with van der Waals surface area (Å²) in [5, 5.41) is 3.51. The van der Waals surface area contributed by atoms with Gasteiger partial charge in [-0.15, -0.1) is 0 Å². The SMILES string of the molecule is COCCCNCC1CCCCC1. The highest BCUT2D eigenvalue weighted by Gasteiger charge is 2.11. The number of rotatable bonds is 6. The Morgan fingerprint density at radius 3 is 2.69 bits per heavy atom. The van der Waals surface area contributed by atoms with Gasteiger partial charge in [-0.05, 0) is 38.3 Å². The van der Waals surface area contributed by atoms with E-state index >= 15 is 0 Å². The highest BCUT2D eigenvalue weighted by atomic mass is 16.5. The topological polar surface area (TPSA) is 21.3 Å².